The molecule has 0 aliphatic carbocycles. The van der Waals surface area contributed by atoms with Crippen LogP contribution in [0.15, 0.2) is 18.3 Å². The third-order valence-electron chi connectivity index (χ3n) is 6.61. The molecule has 3 heterocycles. The van der Waals surface area contributed by atoms with Crippen molar-refractivity contribution < 1.29 is 33.3 Å². The molecule has 0 radical (unpaired) electrons. The second-order valence-electron chi connectivity index (χ2n) is 10.5. The van der Waals surface area contributed by atoms with E-state index in [1.165, 1.54) is 12.2 Å². The number of hydrogen-bond donors (Lipinski definition) is 0. The number of likely N-dealkylation sites (tertiary alicyclic amines) is 1. The van der Waals surface area contributed by atoms with Crippen molar-refractivity contribution in [1.82, 2.24) is 24.8 Å². The Morgan fingerprint density at radius 3 is 2.08 bits per heavy atom. The summed E-state index contributed by atoms with van der Waals surface area (Å²) < 4.78 is 23.6. The molecule has 0 bridgehead atoms. The van der Waals surface area contributed by atoms with Gasteiger partial charge in [-0.25, -0.2) is 4.68 Å². The maximum Gasteiger partial charge on any atom is 0.253 e. The number of hydrogen-bond acceptors (Lipinski definition) is 9. The summed E-state index contributed by atoms with van der Waals surface area (Å²) in [5.74, 6) is 0.0455. The molecule has 1 aromatic rings. The van der Waals surface area contributed by atoms with Crippen LogP contribution in [0.5, 0.6) is 0 Å². The zero-order valence-corrected chi connectivity index (χ0v) is 22.8. The second kappa shape index (κ2) is 15.1. The van der Waals surface area contributed by atoms with Gasteiger partial charge in [0.15, 0.2) is 0 Å². The highest BCUT2D eigenvalue weighted by atomic mass is 16.6. The van der Waals surface area contributed by atoms with Crippen LogP contribution >= 0.6 is 0 Å². The molecule has 1 saturated heterocycles. The van der Waals surface area contributed by atoms with Crippen LogP contribution in [0.3, 0.4) is 0 Å². The third kappa shape index (κ3) is 9.90. The summed E-state index contributed by atoms with van der Waals surface area (Å²) in [5.41, 5.74) is 0.777. The second-order valence-corrected chi connectivity index (χ2v) is 10.5. The third-order valence-corrected chi connectivity index (χ3v) is 6.61. The smallest absolute Gasteiger partial charge is 0.253 e. The largest absolute Gasteiger partial charge is 0.379 e. The first-order valence-corrected chi connectivity index (χ1v) is 13.3. The van der Waals surface area contributed by atoms with E-state index in [-0.39, 0.29) is 29.7 Å². The number of carbonyl (C=O) groups is 3. The van der Waals surface area contributed by atoms with Crippen LogP contribution in [0.25, 0.3) is 0 Å². The van der Waals surface area contributed by atoms with Gasteiger partial charge in [0.25, 0.3) is 11.8 Å². The van der Waals surface area contributed by atoms with Crippen LogP contribution in [0.1, 0.15) is 39.3 Å². The van der Waals surface area contributed by atoms with Crippen molar-refractivity contribution in [3.63, 3.8) is 0 Å². The monoisotopic (exact) mass is 535 g/mol. The highest BCUT2D eigenvalue weighted by Gasteiger charge is 2.33. The first-order valence-electron chi connectivity index (χ1n) is 13.3. The van der Waals surface area contributed by atoms with Gasteiger partial charge in [0.1, 0.15) is 5.69 Å². The minimum Gasteiger partial charge on any atom is -0.379 e. The van der Waals surface area contributed by atoms with E-state index in [2.05, 4.69) is 31.1 Å². The molecule has 3 amide bonds. The summed E-state index contributed by atoms with van der Waals surface area (Å²) in [6.07, 6.45) is 5.66. The minimum atomic E-state index is -0.345. The van der Waals surface area contributed by atoms with Gasteiger partial charge in [-0.3, -0.25) is 19.3 Å². The first-order chi connectivity index (χ1) is 18.2. The van der Waals surface area contributed by atoms with E-state index in [0.29, 0.717) is 77.4 Å². The SMILES string of the molecule is CC(C)(C)C1CCN(C(=O)CCOCCOCCOCCOCCn2cc(CN3C(=O)C=CC3=O)nn2)C1. The van der Waals surface area contributed by atoms with Crippen molar-refractivity contribution >= 4 is 17.7 Å². The van der Waals surface area contributed by atoms with E-state index in [1.54, 1.807) is 10.9 Å². The Morgan fingerprint density at radius 2 is 1.50 bits per heavy atom. The Balaban J connectivity index is 1.08. The van der Waals surface area contributed by atoms with Gasteiger partial charge in [0.05, 0.1) is 78.6 Å². The highest BCUT2D eigenvalue weighted by molar-refractivity contribution is 6.12. The van der Waals surface area contributed by atoms with E-state index < -0.39 is 0 Å². The van der Waals surface area contributed by atoms with E-state index in [9.17, 15) is 14.4 Å². The van der Waals surface area contributed by atoms with Crippen molar-refractivity contribution in [3.8, 4) is 0 Å². The first kappa shape index (κ1) is 29.9. The van der Waals surface area contributed by atoms with Crippen LogP contribution in [0.2, 0.25) is 0 Å². The van der Waals surface area contributed by atoms with E-state index in [4.69, 9.17) is 18.9 Å². The molecule has 0 spiro atoms. The van der Waals surface area contributed by atoms with Crippen molar-refractivity contribution in [2.75, 3.05) is 65.9 Å². The van der Waals surface area contributed by atoms with Crippen LogP contribution in [0, 0.1) is 11.3 Å². The van der Waals surface area contributed by atoms with Crippen LogP contribution in [-0.2, 0) is 46.4 Å². The van der Waals surface area contributed by atoms with E-state index in [0.717, 1.165) is 24.4 Å². The summed E-state index contributed by atoms with van der Waals surface area (Å²) >= 11 is 0. The summed E-state index contributed by atoms with van der Waals surface area (Å²) in [7, 11) is 0. The fourth-order valence-corrected chi connectivity index (χ4v) is 4.20. The van der Waals surface area contributed by atoms with Crippen LogP contribution < -0.4 is 0 Å². The molecule has 0 saturated carbocycles. The van der Waals surface area contributed by atoms with Crippen LogP contribution in [-0.4, -0.2) is 108 Å². The molecule has 212 valence electrons. The standard InChI is InChI=1S/C26H41N5O7/c1-26(2,3)21-6-8-29(18-21)23(32)7-10-35-12-14-37-16-17-38-15-13-36-11-9-30-19-22(27-28-30)20-31-24(33)4-5-25(31)34/h4-5,19,21H,6-18,20H2,1-3H3. The Hall–Kier alpha value is -2.67. The zero-order chi connectivity index (χ0) is 27.4. The molecule has 0 N–H and O–H groups in total. The molecule has 1 aromatic heterocycles. The number of amides is 3. The fourth-order valence-electron chi connectivity index (χ4n) is 4.20. The zero-order valence-electron chi connectivity index (χ0n) is 22.8. The van der Waals surface area contributed by atoms with Gasteiger partial charge >= 0.3 is 0 Å². The van der Waals surface area contributed by atoms with Gasteiger partial charge < -0.3 is 23.8 Å². The van der Waals surface area contributed by atoms with Crippen molar-refractivity contribution in [2.45, 2.75) is 46.7 Å². The highest BCUT2D eigenvalue weighted by Crippen LogP contribution is 2.33. The minimum absolute atomic E-state index is 0.101. The number of nitrogens with zero attached hydrogens (tertiary/aromatic N) is 5. The van der Waals surface area contributed by atoms with Gasteiger partial charge in [0, 0.05) is 25.2 Å². The molecule has 1 atom stereocenters. The molecule has 1 fully saturated rings. The summed E-state index contributed by atoms with van der Waals surface area (Å²) in [6, 6.07) is 0. The lowest BCUT2D eigenvalue weighted by molar-refractivity contribution is -0.137. The van der Waals surface area contributed by atoms with E-state index >= 15 is 0 Å². The number of carbonyl (C=O) groups excluding carboxylic acids is 3. The average Bonchev–Trinajstić information content (AvgIpc) is 3.62. The molecule has 12 heteroatoms. The molecule has 0 aromatic carbocycles. The Labute approximate surface area is 224 Å². The molecule has 2 aliphatic heterocycles. The predicted molar refractivity (Wildman–Crippen MR) is 137 cm³/mol. The molecule has 38 heavy (non-hydrogen) atoms. The Kier molecular flexibility index (Phi) is 11.8. The molecule has 3 rings (SSSR count). The summed E-state index contributed by atoms with van der Waals surface area (Å²) in [6.45, 7) is 12.6. The van der Waals surface area contributed by atoms with E-state index in [1.807, 2.05) is 4.90 Å². The lowest BCUT2D eigenvalue weighted by atomic mass is 9.80. The molecular formula is C26H41N5O7. The van der Waals surface area contributed by atoms with Gasteiger partial charge in [-0.15, -0.1) is 5.10 Å². The Bertz CT molecular complexity index is 925. The van der Waals surface area contributed by atoms with Gasteiger partial charge in [-0.1, -0.05) is 26.0 Å². The van der Waals surface area contributed by atoms with Crippen molar-refractivity contribution in [3.05, 3.63) is 24.0 Å². The summed E-state index contributed by atoms with van der Waals surface area (Å²) in [4.78, 5) is 38.6. The number of imide groups is 1. The van der Waals surface area contributed by atoms with Gasteiger partial charge in [-0.05, 0) is 17.8 Å². The average molecular weight is 536 g/mol. The van der Waals surface area contributed by atoms with Crippen LogP contribution in [0.4, 0.5) is 0 Å². The predicted octanol–water partition coefficient (Wildman–Crippen LogP) is 1.05. The quantitative estimate of drug-likeness (QED) is 0.213. The maximum atomic E-state index is 12.3. The molecule has 1 unspecified atom stereocenters. The van der Waals surface area contributed by atoms with Gasteiger partial charge in [-0.2, -0.15) is 0 Å². The van der Waals surface area contributed by atoms with Gasteiger partial charge in [0.2, 0.25) is 5.91 Å². The normalized spacial score (nSPS) is 17.8. The number of aromatic nitrogens is 3. The topological polar surface area (TPSA) is 125 Å². The summed E-state index contributed by atoms with van der Waals surface area (Å²) in [5, 5.41) is 7.96. The number of ether oxygens (including phenoxy) is 4. The molecular weight excluding hydrogens is 494 g/mol. The number of rotatable bonds is 17. The maximum absolute atomic E-state index is 12.3. The lowest BCUT2D eigenvalue weighted by Gasteiger charge is -2.27. The Morgan fingerprint density at radius 1 is 0.921 bits per heavy atom. The van der Waals surface area contributed by atoms with Crippen molar-refractivity contribution in [2.24, 2.45) is 11.3 Å². The molecule has 2 aliphatic rings. The fraction of sp³-hybridized carbons (Fsp3) is 0.731. The molecule has 12 nitrogen and oxygen atoms in total. The van der Waals surface area contributed by atoms with Crippen molar-refractivity contribution in [1.29, 1.82) is 0 Å². The lowest BCUT2D eigenvalue weighted by Crippen LogP contribution is -2.31.